The molecule has 28 heavy (non-hydrogen) atoms. The van der Waals surface area contributed by atoms with Gasteiger partial charge in [-0.1, -0.05) is 11.6 Å². The highest BCUT2D eigenvalue weighted by Gasteiger charge is 2.19. The molecule has 1 aliphatic rings. The number of amides is 3. The molecule has 1 saturated heterocycles. The van der Waals surface area contributed by atoms with Crippen LogP contribution < -0.4 is 20.9 Å². The van der Waals surface area contributed by atoms with Gasteiger partial charge in [0.2, 0.25) is 5.91 Å². The summed E-state index contributed by atoms with van der Waals surface area (Å²) >= 11 is 5.81. The van der Waals surface area contributed by atoms with E-state index in [1.807, 2.05) is 17.0 Å². The van der Waals surface area contributed by atoms with Crippen molar-refractivity contribution in [3.8, 4) is 0 Å². The largest absolute Gasteiger partial charge is 0.330 e. The van der Waals surface area contributed by atoms with Crippen molar-refractivity contribution in [1.29, 1.82) is 5.41 Å². The Hall–Kier alpha value is -3.06. The van der Waals surface area contributed by atoms with E-state index in [0.29, 0.717) is 22.2 Å². The van der Waals surface area contributed by atoms with Crippen LogP contribution in [0.2, 0.25) is 5.02 Å². The van der Waals surface area contributed by atoms with Crippen molar-refractivity contribution in [3.63, 3.8) is 0 Å². The molecule has 1 aliphatic heterocycles. The molecule has 2 aromatic carbocycles. The molecule has 3 rings (SSSR count). The van der Waals surface area contributed by atoms with Gasteiger partial charge in [-0.05, 0) is 61.9 Å². The number of halogens is 1. The molecule has 0 radical (unpaired) electrons. The normalized spacial score (nSPS) is 14.5. The van der Waals surface area contributed by atoms with Crippen LogP contribution in [0.5, 0.6) is 0 Å². The zero-order chi connectivity index (χ0) is 20.1. The van der Waals surface area contributed by atoms with Crippen molar-refractivity contribution >= 4 is 46.4 Å². The maximum atomic E-state index is 12.3. The lowest BCUT2D eigenvalue weighted by Crippen LogP contribution is -2.43. The van der Waals surface area contributed by atoms with E-state index in [2.05, 4.69) is 16.0 Å². The van der Waals surface area contributed by atoms with Crippen LogP contribution in [0, 0.1) is 5.41 Å². The van der Waals surface area contributed by atoms with Crippen molar-refractivity contribution in [2.24, 2.45) is 0 Å². The molecule has 0 aliphatic carbocycles. The van der Waals surface area contributed by atoms with Crippen LogP contribution in [0.1, 0.15) is 19.8 Å². The number of benzene rings is 2. The van der Waals surface area contributed by atoms with E-state index in [1.165, 1.54) is 0 Å². The zero-order valence-corrected chi connectivity index (χ0v) is 16.2. The highest BCUT2D eigenvalue weighted by atomic mass is 35.5. The lowest BCUT2D eigenvalue weighted by atomic mass is 10.2. The number of carbonyl (C=O) groups is 2. The summed E-state index contributed by atoms with van der Waals surface area (Å²) < 4.78 is 0. The second-order valence-electron chi connectivity index (χ2n) is 6.57. The minimum Gasteiger partial charge on any atom is -0.330 e. The molecule has 0 aromatic heterocycles. The van der Waals surface area contributed by atoms with Crippen LogP contribution in [0.15, 0.2) is 48.5 Å². The number of carbonyl (C=O) groups excluding carboxylic acids is 2. The third kappa shape index (κ3) is 5.01. The second-order valence-corrected chi connectivity index (χ2v) is 7.00. The van der Waals surface area contributed by atoms with Gasteiger partial charge in [0.25, 0.3) is 0 Å². The van der Waals surface area contributed by atoms with Gasteiger partial charge in [0.05, 0.1) is 0 Å². The van der Waals surface area contributed by atoms with Crippen LogP contribution in [0.3, 0.4) is 0 Å². The molecule has 0 unspecified atom stereocenters. The summed E-state index contributed by atoms with van der Waals surface area (Å²) in [6, 6.07) is 12.8. The summed E-state index contributed by atoms with van der Waals surface area (Å²) in [5.74, 6) is 0.286. The average Bonchev–Trinajstić information content (AvgIpc) is 3.10. The number of nitrogens with zero attached hydrogens (tertiary/aromatic N) is 1. The molecule has 1 heterocycles. The van der Waals surface area contributed by atoms with Gasteiger partial charge in [0, 0.05) is 35.1 Å². The Morgan fingerprint density at radius 2 is 1.64 bits per heavy atom. The fourth-order valence-electron chi connectivity index (χ4n) is 2.90. The van der Waals surface area contributed by atoms with Gasteiger partial charge in [-0.25, -0.2) is 4.79 Å². The van der Waals surface area contributed by atoms with Crippen LogP contribution in [-0.2, 0) is 4.79 Å². The summed E-state index contributed by atoms with van der Waals surface area (Å²) in [5.41, 5.74) is 2.15. The van der Waals surface area contributed by atoms with Crippen molar-refractivity contribution in [3.05, 3.63) is 53.6 Å². The smallest absolute Gasteiger partial charge is 0.319 e. The SMILES string of the molecule is C[C@@H](NC(=O)Nc1ccc(Cl)cc1)C(=O)Nc1ccc(N2CCCC2=N)cc1. The van der Waals surface area contributed by atoms with Crippen LogP contribution in [-0.4, -0.2) is 30.4 Å². The molecule has 1 fully saturated rings. The van der Waals surface area contributed by atoms with Crippen LogP contribution >= 0.6 is 11.6 Å². The Kier molecular flexibility index (Phi) is 6.16. The molecular weight excluding hydrogens is 378 g/mol. The van der Waals surface area contributed by atoms with E-state index in [0.717, 1.165) is 25.1 Å². The Morgan fingerprint density at radius 1 is 1.04 bits per heavy atom. The molecule has 2 aromatic rings. The van der Waals surface area contributed by atoms with E-state index < -0.39 is 12.1 Å². The Labute approximate surface area is 168 Å². The maximum Gasteiger partial charge on any atom is 0.319 e. The predicted molar refractivity (Wildman–Crippen MR) is 112 cm³/mol. The summed E-state index contributed by atoms with van der Waals surface area (Å²) in [6.07, 6.45) is 1.78. The molecule has 0 saturated carbocycles. The molecule has 1 atom stereocenters. The topological polar surface area (TPSA) is 97.3 Å². The first-order valence-corrected chi connectivity index (χ1v) is 9.39. The number of rotatable bonds is 5. The molecule has 7 nitrogen and oxygen atoms in total. The predicted octanol–water partition coefficient (Wildman–Crippen LogP) is 4.07. The Morgan fingerprint density at radius 3 is 2.25 bits per heavy atom. The number of amidine groups is 1. The highest BCUT2D eigenvalue weighted by molar-refractivity contribution is 6.30. The molecule has 0 spiro atoms. The first-order chi connectivity index (χ1) is 13.4. The zero-order valence-electron chi connectivity index (χ0n) is 15.5. The van der Waals surface area contributed by atoms with E-state index in [-0.39, 0.29) is 5.91 Å². The maximum absolute atomic E-state index is 12.3. The second kappa shape index (κ2) is 8.75. The van der Waals surface area contributed by atoms with E-state index in [4.69, 9.17) is 17.0 Å². The summed E-state index contributed by atoms with van der Waals surface area (Å²) in [5, 5.41) is 16.5. The van der Waals surface area contributed by atoms with E-state index in [1.54, 1.807) is 43.3 Å². The molecule has 3 amide bonds. The number of hydrogen-bond donors (Lipinski definition) is 4. The first kappa shape index (κ1) is 19.7. The monoisotopic (exact) mass is 399 g/mol. The fourth-order valence-corrected chi connectivity index (χ4v) is 3.02. The van der Waals surface area contributed by atoms with Crippen LogP contribution in [0.4, 0.5) is 21.9 Å². The fraction of sp³-hybridized carbons (Fsp3) is 0.250. The minimum absolute atomic E-state index is 0.326. The minimum atomic E-state index is -0.723. The molecule has 4 N–H and O–H groups in total. The lowest BCUT2D eigenvalue weighted by Gasteiger charge is -2.19. The number of urea groups is 1. The third-order valence-electron chi connectivity index (χ3n) is 4.41. The number of anilines is 3. The van der Waals surface area contributed by atoms with Crippen LogP contribution in [0.25, 0.3) is 0 Å². The van der Waals surface area contributed by atoms with Gasteiger partial charge >= 0.3 is 6.03 Å². The molecule has 8 heteroatoms. The van der Waals surface area contributed by atoms with Gasteiger partial charge < -0.3 is 20.9 Å². The van der Waals surface area contributed by atoms with Gasteiger partial charge in [0.15, 0.2) is 0 Å². The average molecular weight is 400 g/mol. The number of hydrogen-bond acceptors (Lipinski definition) is 3. The van der Waals surface area contributed by atoms with Crippen molar-refractivity contribution in [1.82, 2.24) is 5.32 Å². The standard InChI is InChI=1S/C20H22ClN5O2/c1-13(23-20(28)25-16-6-4-14(21)5-7-16)19(27)24-15-8-10-17(11-9-15)26-12-2-3-18(26)22/h4-11,13,22H,2-3,12H2,1H3,(H,24,27)(H2,23,25,28)/t13-/m1/s1. The molecule has 146 valence electrons. The molecular formula is C20H22ClN5O2. The lowest BCUT2D eigenvalue weighted by molar-refractivity contribution is -0.117. The van der Waals surface area contributed by atoms with Crippen molar-refractivity contribution in [2.45, 2.75) is 25.8 Å². The summed E-state index contributed by atoms with van der Waals surface area (Å²) in [6.45, 7) is 2.45. The van der Waals surface area contributed by atoms with Gasteiger partial charge in [-0.3, -0.25) is 10.2 Å². The van der Waals surface area contributed by atoms with Gasteiger partial charge in [-0.15, -0.1) is 0 Å². The Balaban J connectivity index is 1.51. The highest BCUT2D eigenvalue weighted by Crippen LogP contribution is 2.23. The third-order valence-corrected chi connectivity index (χ3v) is 4.66. The van der Waals surface area contributed by atoms with Crippen molar-refractivity contribution < 1.29 is 9.59 Å². The summed E-state index contributed by atoms with van der Waals surface area (Å²) in [7, 11) is 0. The summed E-state index contributed by atoms with van der Waals surface area (Å²) in [4.78, 5) is 26.3. The van der Waals surface area contributed by atoms with E-state index >= 15 is 0 Å². The van der Waals surface area contributed by atoms with Gasteiger partial charge in [-0.2, -0.15) is 0 Å². The first-order valence-electron chi connectivity index (χ1n) is 9.01. The quantitative estimate of drug-likeness (QED) is 0.610. The molecule has 0 bridgehead atoms. The van der Waals surface area contributed by atoms with Gasteiger partial charge in [0.1, 0.15) is 11.9 Å². The Bertz CT molecular complexity index is 867. The van der Waals surface area contributed by atoms with E-state index in [9.17, 15) is 9.59 Å². The number of nitrogens with one attached hydrogen (secondary N) is 4. The van der Waals surface area contributed by atoms with Crippen molar-refractivity contribution in [2.75, 3.05) is 22.1 Å².